The molecule has 0 aliphatic carbocycles. The first-order valence-electron chi connectivity index (χ1n) is 9.24. The standard InChI is InChI=1S/C23H16N2O4/c26-22(11-12-28-23(27)15-9-10-21-18(13-15)24-14-29-21)25-19-7-3-1-5-16(19)17-6-2-4-8-20(17)25/h1-10,13-14H,11-12H2. The van der Waals surface area contributed by atoms with Gasteiger partial charge in [-0.3, -0.25) is 9.36 Å². The van der Waals surface area contributed by atoms with Gasteiger partial charge in [0.15, 0.2) is 12.0 Å². The van der Waals surface area contributed by atoms with Crippen molar-refractivity contribution in [3.05, 3.63) is 78.7 Å². The van der Waals surface area contributed by atoms with Gasteiger partial charge >= 0.3 is 5.97 Å². The van der Waals surface area contributed by atoms with Crippen LogP contribution in [0.25, 0.3) is 32.9 Å². The van der Waals surface area contributed by atoms with Crippen LogP contribution in [0, 0.1) is 0 Å². The molecule has 0 amide bonds. The van der Waals surface area contributed by atoms with E-state index >= 15 is 0 Å². The van der Waals surface area contributed by atoms with E-state index in [2.05, 4.69) is 4.98 Å². The van der Waals surface area contributed by atoms with Crippen LogP contribution in [0.1, 0.15) is 21.6 Å². The molecular weight excluding hydrogens is 368 g/mol. The van der Waals surface area contributed by atoms with Crippen LogP contribution < -0.4 is 0 Å². The van der Waals surface area contributed by atoms with Crippen LogP contribution >= 0.6 is 0 Å². The lowest BCUT2D eigenvalue weighted by Gasteiger charge is -2.07. The molecule has 0 saturated heterocycles. The Labute approximate surface area is 165 Å². The summed E-state index contributed by atoms with van der Waals surface area (Å²) in [5.74, 6) is -0.618. The number of carbonyl (C=O) groups excluding carboxylic acids is 2. The lowest BCUT2D eigenvalue weighted by atomic mass is 10.2. The Hall–Kier alpha value is -3.93. The third kappa shape index (κ3) is 2.95. The highest BCUT2D eigenvalue weighted by atomic mass is 16.5. The molecule has 6 nitrogen and oxygen atoms in total. The molecule has 0 bridgehead atoms. The lowest BCUT2D eigenvalue weighted by Crippen LogP contribution is -2.15. The molecule has 0 N–H and O–H groups in total. The summed E-state index contributed by atoms with van der Waals surface area (Å²) in [7, 11) is 0. The number of nitrogens with zero attached hydrogens (tertiary/aromatic N) is 2. The van der Waals surface area contributed by atoms with Crippen LogP contribution in [0.3, 0.4) is 0 Å². The lowest BCUT2D eigenvalue weighted by molar-refractivity contribution is 0.0490. The van der Waals surface area contributed by atoms with Gasteiger partial charge in [-0.25, -0.2) is 9.78 Å². The molecule has 0 spiro atoms. The third-order valence-corrected chi connectivity index (χ3v) is 4.94. The highest BCUT2D eigenvalue weighted by Gasteiger charge is 2.16. The second kappa shape index (κ2) is 6.91. The normalized spacial score (nSPS) is 11.3. The van der Waals surface area contributed by atoms with Gasteiger partial charge in [-0.2, -0.15) is 0 Å². The van der Waals surface area contributed by atoms with Gasteiger partial charge in [-0.15, -0.1) is 0 Å². The Balaban J connectivity index is 1.35. The molecule has 2 aromatic heterocycles. The van der Waals surface area contributed by atoms with Gasteiger partial charge in [0.2, 0.25) is 5.91 Å². The number of esters is 1. The average molecular weight is 384 g/mol. The minimum atomic E-state index is -0.495. The van der Waals surface area contributed by atoms with Crippen LogP contribution in [0.15, 0.2) is 77.5 Å². The predicted molar refractivity (Wildman–Crippen MR) is 109 cm³/mol. The van der Waals surface area contributed by atoms with Gasteiger partial charge in [0.25, 0.3) is 0 Å². The molecule has 0 radical (unpaired) electrons. The van der Waals surface area contributed by atoms with Crippen molar-refractivity contribution in [3.63, 3.8) is 0 Å². The number of aromatic nitrogens is 2. The van der Waals surface area contributed by atoms with Crippen molar-refractivity contribution >= 4 is 44.8 Å². The second-order valence-corrected chi connectivity index (χ2v) is 6.68. The van der Waals surface area contributed by atoms with Gasteiger partial charge in [0.1, 0.15) is 12.1 Å². The van der Waals surface area contributed by atoms with Crippen molar-refractivity contribution in [1.29, 1.82) is 0 Å². The van der Waals surface area contributed by atoms with Crippen molar-refractivity contribution in [2.45, 2.75) is 6.42 Å². The molecule has 0 fully saturated rings. The molecule has 6 heteroatoms. The minimum absolute atomic E-state index is 0.00461. The number of rotatable bonds is 4. The van der Waals surface area contributed by atoms with E-state index in [9.17, 15) is 9.59 Å². The van der Waals surface area contributed by atoms with Crippen molar-refractivity contribution in [1.82, 2.24) is 9.55 Å². The van der Waals surface area contributed by atoms with Gasteiger partial charge in [-0.1, -0.05) is 36.4 Å². The summed E-state index contributed by atoms with van der Waals surface area (Å²) in [5, 5.41) is 2.05. The van der Waals surface area contributed by atoms with Gasteiger partial charge < -0.3 is 9.15 Å². The number of benzene rings is 3. The number of carbonyl (C=O) groups is 2. The average Bonchev–Trinajstić information content (AvgIpc) is 3.35. The smallest absolute Gasteiger partial charge is 0.338 e. The van der Waals surface area contributed by atoms with Crippen LogP contribution in [-0.2, 0) is 4.74 Å². The van der Waals surface area contributed by atoms with E-state index in [-0.39, 0.29) is 18.9 Å². The van der Waals surface area contributed by atoms with E-state index in [1.54, 1.807) is 22.8 Å². The Morgan fingerprint density at radius 3 is 2.34 bits per heavy atom. The first-order valence-corrected chi connectivity index (χ1v) is 9.24. The van der Waals surface area contributed by atoms with Gasteiger partial charge in [0.05, 0.1) is 23.0 Å². The zero-order chi connectivity index (χ0) is 19.8. The molecule has 0 saturated carbocycles. The van der Waals surface area contributed by atoms with Crippen molar-refractivity contribution < 1.29 is 18.7 Å². The molecule has 0 aliphatic heterocycles. The number of para-hydroxylation sites is 2. The van der Waals surface area contributed by atoms with Gasteiger partial charge in [0, 0.05) is 10.8 Å². The maximum atomic E-state index is 12.9. The summed E-state index contributed by atoms with van der Waals surface area (Å²) in [5.41, 5.74) is 3.25. The van der Waals surface area contributed by atoms with Crippen LogP contribution in [0.5, 0.6) is 0 Å². The fraction of sp³-hybridized carbons (Fsp3) is 0.0870. The molecular formula is C23H16N2O4. The van der Waals surface area contributed by atoms with Crippen LogP contribution in [0.4, 0.5) is 0 Å². The second-order valence-electron chi connectivity index (χ2n) is 6.68. The summed E-state index contributed by atoms with van der Waals surface area (Å²) >= 11 is 0. The first-order chi connectivity index (χ1) is 14.2. The Morgan fingerprint density at radius 2 is 1.62 bits per heavy atom. The molecule has 2 heterocycles. The molecule has 5 rings (SSSR count). The maximum Gasteiger partial charge on any atom is 0.338 e. The summed E-state index contributed by atoms with van der Waals surface area (Å²) in [6, 6.07) is 20.5. The van der Waals surface area contributed by atoms with E-state index in [0.29, 0.717) is 16.7 Å². The minimum Gasteiger partial charge on any atom is -0.462 e. The van der Waals surface area contributed by atoms with Crippen molar-refractivity contribution in [3.8, 4) is 0 Å². The number of ether oxygens (including phenoxy) is 1. The number of oxazole rings is 1. The van der Waals surface area contributed by atoms with Crippen molar-refractivity contribution in [2.75, 3.05) is 6.61 Å². The predicted octanol–water partition coefficient (Wildman–Crippen LogP) is 4.82. The Morgan fingerprint density at radius 1 is 0.931 bits per heavy atom. The summed E-state index contributed by atoms with van der Waals surface area (Å²) in [4.78, 5) is 29.3. The molecule has 0 atom stereocenters. The van der Waals surface area contributed by atoms with E-state index in [4.69, 9.17) is 9.15 Å². The zero-order valence-electron chi connectivity index (χ0n) is 15.4. The third-order valence-electron chi connectivity index (χ3n) is 4.94. The first kappa shape index (κ1) is 17.2. The molecule has 0 unspecified atom stereocenters. The van der Waals surface area contributed by atoms with Crippen molar-refractivity contribution in [2.24, 2.45) is 0 Å². The molecule has 0 aliphatic rings. The quantitative estimate of drug-likeness (QED) is 0.415. The highest BCUT2D eigenvalue weighted by Crippen LogP contribution is 2.28. The number of hydrogen-bond donors (Lipinski definition) is 0. The zero-order valence-corrected chi connectivity index (χ0v) is 15.4. The fourth-order valence-corrected chi connectivity index (χ4v) is 3.60. The monoisotopic (exact) mass is 384 g/mol. The van der Waals surface area contributed by atoms with Gasteiger partial charge in [-0.05, 0) is 30.3 Å². The van der Waals surface area contributed by atoms with E-state index in [1.807, 2.05) is 48.5 Å². The maximum absolute atomic E-state index is 12.9. The van der Waals surface area contributed by atoms with E-state index in [0.717, 1.165) is 21.8 Å². The summed E-state index contributed by atoms with van der Waals surface area (Å²) in [6.45, 7) is -0.00461. The van der Waals surface area contributed by atoms with E-state index in [1.165, 1.54) is 6.39 Å². The van der Waals surface area contributed by atoms with Crippen LogP contribution in [-0.4, -0.2) is 28.0 Å². The topological polar surface area (TPSA) is 74.3 Å². The molecule has 5 aromatic rings. The Kier molecular flexibility index (Phi) is 4.09. The van der Waals surface area contributed by atoms with E-state index < -0.39 is 5.97 Å². The van der Waals surface area contributed by atoms with Crippen LogP contribution in [0.2, 0.25) is 0 Å². The summed E-state index contributed by atoms with van der Waals surface area (Å²) in [6.07, 6.45) is 1.41. The highest BCUT2D eigenvalue weighted by molar-refractivity contribution is 6.13. The number of hydrogen-bond acceptors (Lipinski definition) is 5. The Bertz CT molecular complexity index is 1330. The molecule has 142 valence electrons. The fourth-order valence-electron chi connectivity index (χ4n) is 3.60. The largest absolute Gasteiger partial charge is 0.462 e. The molecule has 29 heavy (non-hydrogen) atoms. The number of fused-ring (bicyclic) bond motifs is 4. The molecule has 3 aromatic carbocycles. The summed E-state index contributed by atoms with van der Waals surface area (Å²) < 4.78 is 12.2. The SMILES string of the molecule is O=C(OCCC(=O)n1c2ccccc2c2ccccc21)c1ccc2ocnc2c1.